The largest absolute Gasteiger partial charge is 0.497 e. The number of aliphatic carboxylic acids is 1. The van der Waals surface area contributed by atoms with Gasteiger partial charge in [0.15, 0.2) is 0 Å². The number of hydrogen-bond acceptors (Lipinski definition) is 2. The Bertz CT molecular complexity index is 413. The summed E-state index contributed by atoms with van der Waals surface area (Å²) in [5, 5.41) is 8.85. The number of carbonyl (C=O) groups is 1. The number of halogens is 1. The molecular weight excluding hydrogens is 284 g/mol. The zero-order valence-corrected chi connectivity index (χ0v) is 11.9. The van der Waals surface area contributed by atoms with E-state index in [0.717, 1.165) is 15.8 Å². The second kappa shape index (κ2) is 5.54. The van der Waals surface area contributed by atoms with Gasteiger partial charge in [-0.05, 0) is 29.5 Å². The highest BCUT2D eigenvalue weighted by atomic mass is 79.9. The molecule has 0 bridgehead atoms. The maximum atomic E-state index is 10.8. The second-order valence-corrected chi connectivity index (χ2v) is 5.72. The van der Waals surface area contributed by atoms with E-state index in [0.29, 0.717) is 6.42 Å². The van der Waals surface area contributed by atoms with Gasteiger partial charge in [-0.25, -0.2) is 0 Å². The van der Waals surface area contributed by atoms with E-state index < -0.39 is 5.97 Å². The lowest BCUT2D eigenvalue weighted by Gasteiger charge is -2.23. The molecule has 1 aromatic rings. The van der Waals surface area contributed by atoms with Crippen LogP contribution in [-0.2, 0) is 11.2 Å². The molecule has 1 rings (SSSR count). The van der Waals surface area contributed by atoms with Crippen LogP contribution in [0.2, 0.25) is 0 Å². The third-order valence-electron chi connectivity index (χ3n) is 2.56. The predicted octanol–water partition coefficient (Wildman–Crippen LogP) is 3.50. The average Bonchev–Trinajstić information content (AvgIpc) is 2.18. The van der Waals surface area contributed by atoms with Gasteiger partial charge in [-0.2, -0.15) is 0 Å². The van der Waals surface area contributed by atoms with Crippen LogP contribution in [0.3, 0.4) is 0 Å². The van der Waals surface area contributed by atoms with Crippen LogP contribution in [0, 0.1) is 5.41 Å². The van der Waals surface area contributed by atoms with E-state index in [2.05, 4.69) is 15.9 Å². The first kappa shape index (κ1) is 14.0. The molecule has 0 aliphatic carbocycles. The van der Waals surface area contributed by atoms with Crippen LogP contribution in [0.5, 0.6) is 5.75 Å². The van der Waals surface area contributed by atoms with Gasteiger partial charge in [0.2, 0.25) is 0 Å². The smallest absolute Gasteiger partial charge is 0.303 e. The minimum Gasteiger partial charge on any atom is -0.497 e. The van der Waals surface area contributed by atoms with Crippen molar-refractivity contribution >= 4 is 21.9 Å². The Morgan fingerprint density at radius 2 is 2.12 bits per heavy atom. The molecule has 0 aliphatic heterocycles. The quantitative estimate of drug-likeness (QED) is 0.905. The van der Waals surface area contributed by atoms with Crippen LogP contribution in [0.25, 0.3) is 0 Å². The minimum absolute atomic E-state index is 0.158. The molecular formula is C13H17BrO3. The Labute approximate surface area is 110 Å². The maximum Gasteiger partial charge on any atom is 0.303 e. The number of methoxy groups -OCH3 is 1. The van der Waals surface area contributed by atoms with Crippen molar-refractivity contribution in [1.29, 1.82) is 0 Å². The van der Waals surface area contributed by atoms with E-state index in [1.54, 1.807) is 7.11 Å². The molecule has 0 aliphatic rings. The highest BCUT2D eigenvalue weighted by Gasteiger charge is 2.23. The molecule has 0 atom stereocenters. The molecule has 3 nitrogen and oxygen atoms in total. The lowest BCUT2D eigenvalue weighted by Crippen LogP contribution is -2.19. The zero-order valence-electron chi connectivity index (χ0n) is 10.3. The van der Waals surface area contributed by atoms with Crippen LogP contribution in [0.15, 0.2) is 22.7 Å². The first-order valence-corrected chi connectivity index (χ1v) is 6.17. The zero-order chi connectivity index (χ0) is 13.1. The van der Waals surface area contributed by atoms with E-state index in [1.807, 2.05) is 32.0 Å². The van der Waals surface area contributed by atoms with Crippen LogP contribution < -0.4 is 4.74 Å². The Morgan fingerprint density at radius 1 is 1.47 bits per heavy atom. The third kappa shape index (κ3) is 4.38. The van der Waals surface area contributed by atoms with Crippen molar-refractivity contribution < 1.29 is 14.6 Å². The Hall–Kier alpha value is -1.03. The van der Waals surface area contributed by atoms with Gasteiger partial charge in [0.1, 0.15) is 5.75 Å². The molecule has 0 amide bonds. The van der Waals surface area contributed by atoms with Gasteiger partial charge in [-0.15, -0.1) is 0 Å². The standard InChI is InChI=1S/C13H17BrO3/c1-13(2,8-12(15)16)7-9-4-5-10(17-3)6-11(9)14/h4-6H,7-8H2,1-3H3,(H,15,16). The topological polar surface area (TPSA) is 46.5 Å². The van der Waals surface area contributed by atoms with Crippen molar-refractivity contribution in [2.24, 2.45) is 5.41 Å². The summed E-state index contributed by atoms with van der Waals surface area (Å²) in [4.78, 5) is 10.8. The lowest BCUT2D eigenvalue weighted by molar-refractivity contribution is -0.139. The van der Waals surface area contributed by atoms with Gasteiger partial charge in [0, 0.05) is 4.47 Å². The second-order valence-electron chi connectivity index (χ2n) is 4.87. The molecule has 0 radical (unpaired) electrons. The summed E-state index contributed by atoms with van der Waals surface area (Å²) in [5.74, 6) is 0.0244. The van der Waals surface area contributed by atoms with Crippen molar-refractivity contribution in [1.82, 2.24) is 0 Å². The van der Waals surface area contributed by atoms with Crippen LogP contribution in [0.4, 0.5) is 0 Å². The average molecular weight is 301 g/mol. The number of hydrogen-bond donors (Lipinski definition) is 1. The molecule has 4 heteroatoms. The van der Waals surface area contributed by atoms with Gasteiger partial charge in [-0.3, -0.25) is 4.79 Å². The lowest BCUT2D eigenvalue weighted by atomic mass is 9.83. The van der Waals surface area contributed by atoms with Crippen molar-refractivity contribution in [2.75, 3.05) is 7.11 Å². The van der Waals surface area contributed by atoms with Crippen molar-refractivity contribution in [2.45, 2.75) is 26.7 Å². The summed E-state index contributed by atoms with van der Waals surface area (Å²) in [6.07, 6.45) is 0.870. The highest BCUT2D eigenvalue weighted by molar-refractivity contribution is 9.10. The van der Waals surface area contributed by atoms with Gasteiger partial charge < -0.3 is 9.84 Å². The monoisotopic (exact) mass is 300 g/mol. The molecule has 0 heterocycles. The molecule has 0 fully saturated rings. The number of ether oxygens (including phenoxy) is 1. The van der Waals surface area contributed by atoms with Gasteiger partial charge in [0.05, 0.1) is 13.5 Å². The first-order chi connectivity index (χ1) is 7.84. The van der Waals surface area contributed by atoms with Crippen LogP contribution in [-0.4, -0.2) is 18.2 Å². The first-order valence-electron chi connectivity index (χ1n) is 5.38. The van der Waals surface area contributed by atoms with Gasteiger partial charge in [-0.1, -0.05) is 35.8 Å². The summed E-state index contributed by atoms with van der Waals surface area (Å²) >= 11 is 3.48. The van der Waals surface area contributed by atoms with Crippen molar-refractivity contribution in [3.05, 3.63) is 28.2 Å². The third-order valence-corrected chi connectivity index (χ3v) is 3.30. The normalized spacial score (nSPS) is 11.3. The van der Waals surface area contributed by atoms with E-state index in [-0.39, 0.29) is 11.8 Å². The van der Waals surface area contributed by atoms with Crippen molar-refractivity contribution in [3.63, 3.8) is 0 Å². The molecule has 0 saturated heterocycles. The minimum atomic E-state index is -0.764. The SMILES string of the molecule is COc1ccc(CC(C)(C)CC(=O)O)c(Br)c1. The molecule has 1 N–H and O–H groups in total. The molecule has 0 spiro atoms. The molecule has 0 unspecified atom stereocenters. The van der Waals surface area contributed by atoms with E-state index in [1.165, 1.54) is 0 Å². The summed E-state index contributed by atoms with van der Waals surface area (Å²) in [6, 6.07) is 5.75. The molecule has 0 saturated carbocycles. The number of benzene rings is 1. The molecule has 17 heavy (non-hydrogen) atoms. The summed E-state index contributed by atoms with van der Waals surface area (Å²) in [7, 11) is 1.62. The van der Waals surface area contributed by atoms with E-state index in [9.17, 15) is 4.79 Å². The fourth-order valence-corrected chi connectivity index (χ4v) is 2.28. The molecule has 1 aromatic carbocycles. The summed E-state index contributed by atoms with van der Waals surface area (Å²) < 4.78 is 6.07. The molecule has 0 aromatic heterocycles. The fourth-order valence-electron chi connectivity index (χ4n) is 1.79. The maximum absolute atomic E-state index is 10.8. The Kier molecular flexibility index (Phi) is 4.57. The van der Waals surface area contributed by atoms with E-state index >= 15 is 0 Å². The predicted molar refractivity (Wildman–Crippen MR) is 70.4 cm³/mol. The van der Waals surface area contributed by atoms with Crippen molar-refractivity contribution in [3.8, 4) is 5.75 Å². The van der Waals surface area contributed by atoms with Crippen LogP contribution >= 0.6 is 15.9 Å². The number of rotatable bonds is 5. The van der Waals surface area contributed by atoms with Crippen LogP contribution in [0.1, 0.15) is 25.8 Å². The summed E-state index contributed by atoms with van der Waals surface area (Å²) in [5.41, 5.74) is 0.834. The fraction of sp³-hybridized carbons (Fsp3) is 0.462. The van der Waals surface area contributed by atoms with Gasteiger partial charge in [0.25, 0.3) is 0 Å². The number of carboxylic acid groups (broad SMARTS) is 1. The highest BCUT2D eigenvalue weighted by Crippen LogP contribution is 2.31. The number of carboxylic acids is 1. The van der Waals surface area contributed by atoms with Gasteiger partial charge >= 0.3 is 5.97 Å². The Balaban J connectivity index is 2.84. The van der Waals surface area contributed by atoms with E-state index in [4.69, 9.17) is 9.84 Å². The summed E-state index contributed by atoms with van der Waals surface area (Å²) in [6.45, 7) is 3.91. The Morgan fingerprint density at radius 3 is 2.59 bits per heavy atom. The molecule has 94 valence electrons.